The molecule has 3 aromatic carbocycles. The molecule has 2 aromatic heterocycles. The molecule has 0 spiro atoms. The van der Waals surface area contributed by atoms with Crippen molar-refractivity contribution >= 4 is 34.5 Å². The zero-order valence-corrected chi connectivity index (χ0v) is 21.6. The lowest BCUT2D eigenvalue weighted by molar-refractivity contribution is -0.384. The van der Waals surface area contributed by atoms with Gasteiger partial charge in [0.15, 0.2) is 17.0 Å². The molecular formula is C27H17ClF3N5O5. The molecule has 1 N–H and O–H groups in total. The molecule has 2 heterocycles. The highest BCUT2D eigenvalue weighted by Crippen LogP contribution is 2.35. The summed E-state index contributed by atoms with van der Waals surface area (Å²) in [5, 5.41) is 17.2. The van der Waals surface area contributed by atoms with Crippen molar-refractivity contribution in [3.8, 4) is 28.5 Å². The number of methoxy groups -OCH3 is 1. The van der Waals surface area contributed by atoms with E-state index in [9.17, 15) is 28.1 Å². The van der Waals surface area contributed by atoms with Crippen LogP contribution < -0.4 is 14.8 Å². The van der Waals surface area contributed by atoms with Gasteiger partial charge in [0.05, 0.1) is 29.5 Å². The standard InChI is InChI=1S/C27H17ClF3N5O5/c1-40-18-9-7-15(8-10-18)21-14-22(27(29,30)31)35-25(33-21)23(28)24(34-35)26(37)32-16-11-17(36(38)39)13-20(12-16)41-19-5-3-2-4-6-19/h2-14H,1H3,(H,32,37). The van der Waals surface area contributed by atoms with Crippen LogP contribution in [0.2, 0.25) is 5.02 Å². The second-order valence-corrected chi connectivity index (χ2v) is 8.87. The average Bonchev–Trinajstić information content (AvgIpc) is 3.28. The van der Waals surface area contributed by atoms with Gasteiger partial charge in [0.2, 0.25) is 0 Å². The largest absolute Gasteiger partial charge is 0.497 e. The van der Waals surface area contributed by atoms with Crippen molar-refractivity contribution in [2.45, 2.75) is 6.18 Å². The van der Waals surface area contributed by atoms with Crippen LogP contribution in [-0.4, -0.2) is 32.5 Å². The number of non-ortho nitro benzene ring substituents is 1. The Morgan fingerprint density at radius 2 is 1.71 bits per heavy atom. The molecule has 10 nitrogen and oxygen atoms in total. The van der Waals surface area contributed by atoms with Crippen LogP contribution in [0.25, 0.3) is 16.9 Å². The molecule has 0 radical (unpaired) electrons. The molecule has 0 aliphatic heterocycles. The Kier molecular flexibility index (Phi) is 7.20. The molecule has 5 rings (SSSR count). The van der Waals surface area contributed by atoms with Gasteiger partial charge >= 0.3 is 6.18 Å². The number of aromatic nitrogens is 3. The quantitative estimate of drug-likeness (QED) is 0.161. The summed E-state index contributed by atoms with van der Waals surface area (Å²) in [6, 6.07) is 18.9. The minimum Gasteiger partial charge on any atom is -0.497 e. The fourth-order valence-corrected chi connectivity index (χ4v) is 4.13. The van der Waals surface area contributed by atoms with Crippen LogP contribution >= 0.6 is 11.6 Å². The van der Waals surface area contributed by atoms with E-state index < -0.39 is 44.8 Å². The van der Waals surface area contributed by atoms with E-state index in [1.165, 1.54) is 25.3 Å². The molecule has 0 atom stereocenters. The summed E-state index contributed by atoms with van der Waals surface area (Å²) in [7, 11) is 1.45. The average molecular weight is 584 g/mol. The summed E-state index contributed by atoms with van der Waals surface area (Å²) in [6.45, 7) is 0. The van der Waals surface area contributed by atoms with Crippen LogP contribution in [0.1, 0.15) is 16.2 Å². The lowest BCUT2D eigenvalue weighted by Crippen LogP contribution is -2.16. The van der Waals surface area contributed by atoms with Crippen molar-refractivity contribution in [1.29, 1.82) is 0 Å². The number of amides is 1. The number of fused-ring (bicyclic) bond motifs is 1. The highest BCUT2D eigenvalue weighted by Gasteiger charge is 2.37. The van der Waals surface area contributed by atoms with Crippen molar-refractivity contribution in [2.24, 2.45) is 0 Å². The molecule has 0 fully saturated rings. The molecule has 0 aliphatic carbocycles. The van der Waals surface area contributed by atoms with Gasteiger partial charge in [-0.05, 0) is 42.5 Å². The molecule has 0 bridgehead atoms. The minimum absolute atomic E-state index is 0.0342. The first-order valence-corrected chi connectivity index (χ1v) is 12.1. The van der Waals surface area contributed by atoms with E-state index >= 15 is 0 Å². The fraction of sp³-hybridized carbons (Fsp3) is 0.0741. The lowest BCUT2D eigenvalue weighted by atomic mass is 10.1. The summed E-state index contributed by atoms with van der Waals surface area (Å²) < 4.78 is 53.3. The number of hydrogen-bond donors (Lipinski definition) is 1. The van der Waals surface area contributed by atoms with Gasteiger partial charge in [-0.15, -0.1) is 0 Å². The van der Waals surface area contributed by atoms with Crippen LogP contribution in [-0.2, 0) is 6.18 Å². The number of ether oxygens (including phenoxy) is 2. The van der Waals surface area contributed by atoms with Crippen LogP contribution in [0.15, 0.2) is 78.9 Å². The maximum atomic E-state index is 14.0. The second-order valence-electron chi connectivity index (χ2n) is 8.49. The van der Waals surface area contributed by atoms with E-state index in [1.54, 1.807) is 42.5 Å². The Labute approximate surface area is 234 Å². The van der Waals surface area contributed by atoms with E-state index in [4.69, 9.17) is 21.1 Å². The van der Waals surface area contributed by atoms with Gasteiger partial charge in [-0.25, -0.2) is 9.50 Å². The van der Waals surface area contributed by atoms with Crippen LogP contribution in [0.3, 0.4) is 0 Å². The number of hydrogen-bond acceptors (Lipinski definition) is 7. The van der Waals surface area contributed by atoms with Crippen molar-refractivity contribution in [3.63, 3.8) is 0 Å². The van der Waals surface area contributed by atoms with Gasteiger partial charge in [-0.3, -0.25) is 14.9 Å². The maximum Gasteiger partial charge on any atom is 0.433 e. The molecule has 1 amide bonds. The highest BCUT2D eigenvalue weighted by atomic mass is 35.5. The summed E-state index contributed by atoms with van der Waals surface area (Å²) in [6.07, 6.45) is -4.88. The topological polar surface area (TPSA) is 121 Å². The second kappa shape index (κ2) is 10.8. The SMILES string of the molecule is COc1ccc(-c2cc(C(F)(F)F)n3nc(C(=O)Nc4cc(Oc5ccccc5)cc([N+](=O)[O-])c4)c(Cl)c3n2)cc1. The van der Waals surface area contributed by atoms with Crippen LogP contribution in [0, 0.1) is 10.1 Å². The number of carbonyl (C=O) groups excluding carboxylic acids is 1. The zero-order chi connectivity index (χ0) is 29.3. The number of nitrogens with one attached hydrogen (secondary N) is 1. The Balaban J connectivity index is 1.54. The van der Waals surface area contributed by atoms with Gasteiger partial charge in [0.25, 0.3) is 11.6 Å². The smallest absolute Gasteiger partial charge is 0.433 e. The van der Waals surface area contributed by atoms with Gasteiger partial charge in [-0.2, -0.15) is 18.3 Å². The zero-order valence-electron chi connectivity index (χ0n) is 20.8. The van der Waals surface area contributed by atoms with Crippen molar-refractivity contribution in [2.75, 3.05) is 12.4 Å². The number of para-hydroxylation sites is 1. The van der Waals surface area contributed by atoms with Gasteiger partial charge < -0.3 is 14.8 Å². The molecule has 0 saturated carbocycles. The van der Waals surface area contributed by atoms with E-state index in [1.807, 2.05) is 0 Å². The van der Waals surface area contributed by atoms with Gasteiger partial charge in [-0.1, -0.05) is 29.8 Å². The van der Waals surface area contributed by atoms with E-state index in [-0.39, 0.29) is 17.1 Å². The molecular weight excluding hydrogens is 567 g/mol. The predicted octanol–water partition coefficient (Wildman–Crippen LogP) is 7.03. The number of nitro benzene ring substituents is 1. The molecule has 0 unspecified atom stereocenters. The fourth-order valence-electron chi connectivity index (χ4n) is 3.88. The number of anilines is 1. The minimum atomic E-state index is -4.88. The predicted molar refractivity (Wildman–Crippen MR) is 143 cm³/mol. The van der Waals surface area contributed by atoms with Gasteiger partial charge in [0.1, 0.15) is 22.3 Å². The number of halogens is 4. The third kappa shape index (κ3) is 5.75. The van der Waals surface area contributed by atoms with E-state index in [0.29, 0.717) is 21.6 Å². The third-order valence-corrected chi connectivity index (χ3v) is 6.11. The monoisotopic (exact) mass is 583 g/mol. The normalized spacial score (nSPS) is 11.3. The summed E-state index contributed by atoms with van der Waals surface area (Å²) in [5.74, 6) is -0.115. The molecule has 14 heteroatoms. The lowest BCUT2D eigenvalue weighted by Gasteiger charge is -2.11. The molecule has 0 aliphatic rings. The number of rotatable bonds is 7. The summed E-state index contributed by atoms with van der Waals surface area (Å²) in [5.41, 5.74) is -2.42. The van der Waals surface area contributed by atoms with Crippen molar-refractivity contribution < 1.29 is 32.4 Å². The molecule has 41 heavy (non-hydrogen) atoms. The van der Waals surface area contributed by atoms with Gasteiger partial charge in [0, 0.05) is 17.7 Å². The highest BCUT2D eigenvalue weighted by molar-refractivity contribution is 6.37. The summed E-state index contributed by atoms with van der Waals surface area (Å²) >= 11 is 6.34. The Bertz CT molecular complexity index is 1780. The third-order valence-electron chi connectivity index (χ3n) is 5.76. The first kappa shape index (κ1) is 27.4. The van der Waals surface area contributed by atoms with E-state index in [0.717, 1.165) is 18.2 Å². The first-order valence-electron chi connectivity index (χ1n) is 11.7. The Hall–Kier alpha value is -5.17. The molecule has 208 valence electrons. The molecule has 5 aromatic rings. The van der Waals surface area contributed by atoms with Crippen molar-refractivity contribution in [3.05, 3.63) is 105 Å². The Morgan fingerprint density at radius 1 is 1.00 bits per heavy atom. The number of nitrogens with zero attached hydrogens (tertiary/aromatic N) is 4. The molecule has 0 saturated heterocycles. The van der Waals surface area contributed by atoms with Crippen LogP contribution in [0.5, 0.6) is 17.2 Å². The van der Waals surface area contributed by atoms with Crippen LogP contribution in [0.4, 0.5) is 24.5 Å². The maximum absolute atomic E-state index is 14.0. The summed E-state index contributed by atoms with van der Waals surface area (Å²) in [4.78, 5) is 28.1. The number of alkyl halides is 3. The number of carbonyl (C=O) groups is 1. The van der Waals surface area contributed by atoms with Crippen molar-refractivity contribution in [1.82, 2.24) is 14.6 Å². The first-order chi connectivity index (χ1) is 19.5. The number of benzene rings is 3. The number of nitro groups is 1. The van der Waals surface area contributed by atoms with E-state index in [2.05, 4.69) is 15.4 Å². The Morgan fingerprint density at radius 3 is 2.34 bits per heavy atom.